The predicted octanol–water partition coefficient (Wildman–Crippen LogP) is 3.92. The second kappa shape index (κ2) is 6.84. The van der Waals surface area contributed by atoms with E-state index in [9.17, 15) is 0 Å². The van der Waals surface area contributed by atoms with Crippen molar-refractivity contribution in [1.29, 1.82) is 0 Å². The van der Waals surface area contributed by atoms with Gasteiger partial charge in [-0.2, -0.15) is 0 Å². The lowest BCUT2D eigenvalue weighted by atomic mass is 9.82. The van der Waals surface area contributed by atoms with Gasteiger partial charge in [-0.05, 0) is 38.3 Å². The monoisotopic (exact) mass is 209 g/mol. The van der Waals surface area contributed by atoms with Crippen molar-refractivity contribution in [3.05, 3.63) is 24.3 Å². The van der Waals surface area contributed by atoms with E-state index in [1.165, 1.54) is 12.0 Å². The van der Waals surface area contributed by atoms with Crippen LogP contribution in [-0.4, -0.2) is 12.1 Å². The molecule has 0 rings (SSSR count). The van der Waals surface area contributed by atoms with Gasteiger partial charge in [-0.3, -0.25) is 0 Å². The second-order valence-corrected chi connectivity index (χ2v) is 4.61. The topological polar surface area (TPSA) is 12.0 Å². The van der Waals surface area contributed by atoms with Gasteiger partial charge in [0.05, 0.1) is 0 Å². The largest absolute Gasteiger partial charge is 0.308 e. The van der Waals surface area contributed by atoms with Crippen LogP contribution in [0.15, 0.2) is 24.3 Å². The minimum Gasteiger partial charge on any atom is -0.308 e. The number of allylic oxidation sites excluding steroid dienone is 1. The zero-order chi connectivity index (χ0) is 11.9. The molecule has 0 saturated heterocycles. The molecule has 0 bridgehead atoms. The van der Waals surface area contributed by atoms with Gasteiger partial charge in [0.15, 0.2) is 0 Å². The molecule has 1 nitrogen and oxygen atoms in total. The lowest BCUT2D eigenvalue weighted by molar-refractivity contribution is 0.333. The predicted molar refractivity (Wildman–Crippen MR) is 70.1 cm³/mol. The summed E-state index contributed by atoms with van der Waals surface area (Å²) < 4.78 is 0. The third kappa shape index (κ3) is 4.65. The molecule has 0 heterocycles. The molecule has 0 radical (unpaired) electrons. The van der Waals surface area contributed by atoms with Gasteiger partial charge in [-0.25, -0.2) is 0 Å². The highest BCUT2D eigenvalue weighted by atomic mass is 15.0. The maximum atomic E-state index is 4.17. The third-order valence-corrected chi connectivity index (χ3v) is 3.10. The van der Waals surface area contributed by atoms with Gasteiger partial charge in [0.2, 0.25) is 0 Å². The van der Waals surface area contributed by atoms with Crippen LogP contribution in [0.25, 0.3) is 0 Å². The van der Waals surface area contributed by atoms with Crippen molar-refractivity contribution in [3.8, 4) is 0 Å². The maximum absolute atomic E-state index is 4.17. The summed E-state index contributed by atoms with van der Waals surface area (Å²) in [5, 5.41) is 3.56. The van der Waals surface area contributed by atoms with Gasteiger partial charge in [0.25, 0.3) is 0 Å². The van der Waals surface area contributed by atoms with Crippen molar-refractivity contribution in [3.63, 3.8) is 0 Å². The standard InChI is InChI=1S/C14H27N/c1-7-10-13(5)14(6,15-9-3)11-12(4)8-2/h7,10,12,15H,5,8-9,11H2,1-4,6H3/b10-7-/t12-,14?/m1/s1. The van der Waals surface area contributed by atoms with Crippen LogP contribution in [0, 0.1) is 5.92 Å². The van der Waals surface area contributed by atoms with Crippen molar-refractivity contribution >= 4 is 0 Å². The molecule has 0 aliphatic heterocycles. The van der Waals surface area contributed by atoms with E-state index in [0.29, 0.717) is 0 Å². The Hall–Kier alpha value is -0.560. The van der Waals surface area contributed by atoms with Crippen molar-refractivity contribution in [2.75, 3.05) is 6.54 Å². The normalized spacial score (nSPS) is 17.7. The third-order valence-electron chi connectivity index (χ3n) is 3.10. The Morgan fingerprint density at radius 1 is 1.47 bits per heavy atom. The quantitative estimate of drug-likeness (QED) is 0.627. The average molecular weight is 209 g/mol. The number of hydrogen-bond donors (Lipinski definition) is 1. The van der Waals surface area contributed by atoms with Gasteiger partial charge in [-0.1, -0.05) is 45.9 Å². The average Bonchev–Trinajstić information content (AvgIpc) is 2.18. The fraction of sp³-hybridized carbons (Fsp3) is 0.714. The van der Waals surface area contributed by atoms with E-state index in [0.717, 1.165) is 18.9 Å². The van der Waals surface area contributed by atoms with Crippen molar-refractivity contribution in [2.24, 2.45) is 5.92 Å². The molecule has 15 heavy (non-hydrogen) atoms. The van der Waals surface area contributed by atoms with Gasteiger partial charge >= 0.3 is 0 Å². The Kier molecular flexibility index (Phi) is 6.58. The van der Waals surface area contributed by atoms with Crippen LogP contribution in [-0.2, 0) is 0 Å². The molecule has 0 spiro atoms. The van der Waals surface area contributed by atoms with Crippen LogP contribution >= 0.6 is 0 Å². The Bertz CT molecular complexity index is 217. The number of nitrogens with one attached hydrogen (secondary N) is 1. The van der Waals surface area contributed by atoms with Crippen molar-refractivity contribution in [1.82, 2.24) is 5.32 Å². The molecule has 1 N–H and O–H groups in total. The Balaban J connectivity index is 4.64. The molecule has 0 aliphatic rings. The van der Waals surface area contributed by atoms with E-state index in [1.807, 2.05) is 6.92 Å². The summed E-state index contributed by atoms with van der Waals surface area (Å²) in [5.41, 5.74) is 1.24. The molecule has 0 fully saturated rings. The van der Waals surface area contributed by atoms with E-state index < -0.39 is 0 Å². The molecular weight excluding hydrogens is 182 g/mol. The molecule has 1 heteroatoms. The first-order valence-corrected chi connectivity index (χ1v) is 6.07. The van der Waals surface area contributed by atoms with E-state index in [1.54, 1.807) is 0 Å². The minimum absolute atomic E-state index is 0.0523. The lowest BCUT2D eigenvalue weighted by Crippen LogP contribution is -2.44. The molecule has 88 valence electrons. The van der Waals surface area contributed by atoms with Gasteiger partial charge < -0.3 is 5.32 Å². The van der Waals surface area contributed by atoms with Crippen LogP contribution in [0.5, 0.6) is 0 Å². The van der Waals surface area contributed by atoms with Crippen LogP contribution in [0.4, 0.5) is 0 Å². The molecule has 0 saturated carbocycles. The van der Waals surface area contributed by atoms with Gasteiger partial charge in [-0.15, -0.1) is 0 Å². The highest BCUT2D eigenvalue weighted by Crippen LogP contribution is 2.26. The highest BCUT2D eigenvalue weighted by molar-refractivity contribution is 5.27. The number of rotatable bonds is 7. The smallest absolute Gasteiger partial charge is 0.0402 e. The minimum atomic E-state index is 0.0523. The van der Waals surface area contributed by atoms with E-state index in [4.69, 9.17) is 0 Å². The molecule has 0 amide bonds. The fourth-order valence-electron chi connectivity index (χ4n) is 1.93. The Morgan fingerprint density at radius 3 is 2.47 bits per heavy atom. The summed E-state index contributed by atoms with van der Waals surface area (Å²) >= 11 is 0. The van der Waals surface area contributed by atoms with E-state index in [-0.39, 0.29) is 5.54 Å². The number of hydrogen-bond acceptors (Lipinski definition) is 1. The summed E-state index contributed by atoms with van der Waals surface area (Å²) in [6.07, 6.45) is 6.56. The highest BCUT2D eigenvalue weighted by Gasteiger charge is 2.26. The van der Waals surface area contributed by atoms with Crippen LogP contribution < -0.4 is 5.32 Å². The van der Waals surface area contributed by atoms with Gasteiger partial charge in [0, 0.05) is 5.54 Å². The molecule has 0 aromatic rings. The van der Waals surface area contributed by atoms with E-state index >= 15 is 0 Å². The number of likely N-dealkylation sites (N-methyl/N-ethyl adjacent to an activating group) is 1. The molecule has 0 aromatic heterocycles. The second-order valence-electron chi connectivity index (χ2n) is 4.61. The Morgan fingerprint density at radius 2 is 2.07 bits per heavy atom. The molecule has 0 aliphatic carbocycles. The Labute approximate surface area is 95.7 Å². The zero-order valence-corrected chi connectivity index (χ0v) is 11.1. The zero-order valence-electron chi connectivity index (χ0n) is 11.1. The molecule has 2 atom stereocenters. The van der Waals surface area contributed by atoms with Gasteiger partial charge in [0.1, 0.15) is 0 Å². The van der Waals surface area contributed by atoms with Crippen LogP contribution in [0.1, 0.15) is 47.5 Å². The summed E-state index contributed by atoms with van der Waals surface area (Å²) in [5.74, 6) is 0.732. The van der Waals surface area contributed by atoms with Crippen molar-refractivity contribution < 1.29 is 0 Å². The summed E-state index contributed by atoms with van der Waals surface area (Å²) in [6.45, 7) is 16.2. The molecule has 0 aromatic carbocycles. The van der Waals surface area contributed by atoms with E-state index in [2.05, 4.69) is 51.7 Å². The van der Waals surface area contributed by atoms with Crippen LogP contribution in [0.3, 0.4) is 0 Å². The first-order valence-electron chi connectivity index (χ1n) is 6.07. The fourth-order valence-corrected chi connectivity index (χ4v) is 1.93. The summed E-state index contributed by atoms with van der Waals surface area (Å²) in [7, 11) is 0. The first-order chi connectivity index (χ1) is 7.00. The SMILES string of the molecule is C=C(/C=C\C)C(C)(C[C@H](C)CC)NCC. The molecular formula is C14H27N. The molecule has 1 unspecified atom stereocenters. The van der Waals surface area contributed by atoms with Crippen LogP contribution in [0.2, 0.25) is 0 Å². The summed E-state index contributed by atoms with van der Waals surface area (Å²) in [6, 6.07) is 0. The first kappa shape index (κ1) is 14.4. The lowest BCUT2D eigenvalue weighted by Gasteiger charge is -2.34. The van der Waals surface area contributed by atoms with Crippen molar-refractivity contribution in [2.45, 2.75) is 53.0 Å². The summed E-state index contributed by atoms with van der Waals surface area (Å²) in [4.78, 5) is 0. The maximum Gasteiger partial charge on any atom is 0.0402 e.